The van der Waals surface area contributed by atoms with Crippen molar-refractivity contribution in [3.05, 3.63) is 0 Å². The molecule has 0 aliphatic carbocycles. The van der Waals surface area contributed by atoms with E-state index in [1.165, 1.54) is 0 Å². The Kier molecular flexibility index (Phi) is 10.9. The number of amides is 2. The van der Waals surface area contributed by atoms with Gasteiger partial charge < -0.3 is 20.8 Å². The Labute approximate surface area is 147 Å². The van der Waals surface area contributed by atoms with Crippen molar-refractivity contribution >= 4 is 23.7 Å². The Bertz CT molecular complexity index is 477. The van der Waals surface area contributed by atoms with Gasteiger partial charge in [0.2, 0.25) is 11.8 Å². The lowest BCUT2D eigenvalue weighted by atomic mass is 10.0. The number of unbranched alkanes of at least 4 members (excludes halogenated alkanes) is 1. The topological polar surface area (TPSA) is 182 Å². The van der Waals surface area contributed by atoms with Crippen LogP contribution in [0.15, 0.2) is 0 Å². The number of carbonyl (C=O) groups excluding carboxylic acids is 2. The fourth-order valence-electron chi connectivity index (χ4n) is 2.05. The third-order valence-corrected chi connectivity index (χ3v) is 3.24. The van der Waals surface area contributed by atoms with Crippen LogP contribution in [0.4, 0.5) is 0 Å². The van der Waals surface area contributed by atoms with E-state index in [4.69, 9.17) is 16.6 Å². The maximum atomic E-state index is 12.2. The van der Waals surface area contributed by atoms with Crippen molar-refractivity contribution in [2.75, 3.05) is 13.1 Å². The molecule has 10 heteroatoms. The molecule has 0 spiro atoms. The number of nitrogens with one attached hydrogen (secondary N) is 3. The number of carbonyl (C=O) groups is 3. The zero-order valence-corrected chi connectivity index (χ0v) is 14.7. The first-order valence-electron chi connectivity index (χ1n) is 8.23. The zero-order valence-electron chi connectivity index (χ0n) is 14.7. The lowest BCUT2D eigenvalue weighted by molar-refractivity contribution is -0.459. The minimum atomic E-state index is -1.69. The number of aliphatic carboxylic acids is 1. The minimum Gasteiger partial charge on any atom is -0.481 e. The van der Waals surface area contributed by atoms with Gasteiger partial charge in [-0.3, -0.25) is 30.8 Å². The minimum absolute atomic E-state index is 0.125. The number of aliphatic hydroxyl groups excluding tert-OH is 1. The van der Waals surface area contributed by atoms with Gasteiger partial charge >= 0.3 is 11.9 Å². The summed E-state index contributed by atoms with van der Waals surface area (Å²) in [7, 11) is 0. The second-order valence-electron chi connectivity index (χ2n) is 6.18. The average molecular weight is 360 g/mol. The predicted molar refractivity (Wildman–Crippen MR) is 91.1 cm³/mol. The predicted octanol–water partition coefficient (Wildman–Crippen LogP) is -3.40. The summed E-state index contributed by atoms with van der Waals surface area (Å²) in [5.74, 6) is -2.27. The number of rotatable bonds is 12. The van der Waals surface area contributed by atoms with Crippen LogP contribution in [0.5, 0.6) is 0 Å². The van der Waals surface area contributed by atoms with Crippen LogP contribution in [0.1, 0.15) is 39.5 Å². The Morgan fingerprint density at radius 1 is 1.12 bits per heavy atom. The molecule has 10 nitrogen and oxygen atoms in total. The van der Waals surface area contributed by atoms with E-state index in [1.807, 2.05) is 13.8 Å². The van der Waals surface area contributed by atoms with Gasteiger partial charge in [0, 0.05) is 6.54 Å². The maximum Gasteiger partial charge on any atom is 0.338 e. The van der Waals surface area contributed by atoms with Gasteiger partial charge in [-0.05, 0) is 25.2 Å². The van der Waals surface area contributed by atoms with E-state index in [-0.39, 0.29) is 17.8 Å². The molecular formula is C15H30N5O5+. The zero-order chi connectivity index (χ0) is 19.4. The normalized spacial score (nSPS) is 13.0. The van der Waals surface area contributed by atoms with E-state index in [9.17, 15) is 19.5 Å². The van der Waals surface area contributed by atoms with Crippen LogP contribution in [-0.4, -0.2) is 59.2 Å². The summed E-state index contributed by atoms with van der Waals surface area (Å²) < 4.78 is 0. The first kappa shape index (κ1) is 22.6. The van der Waals surface area contributed by atoms with Crippen LogP contribution in [0.2, 0.25) is 0 Å². The monoisotopic (exact) mass is 360 g/mol. The summed E-state index contributed by atoms with van der Waals surface area (Å²) in [5.41, 5.74) is 10.5. The van der Waals surface area contributed by atoms with E-state index in [2.05, 4.69) is 15.6 Å². The molecule has 0 saturated heterocycles. The molecule has 9 N–H and O–H groups in total. The molecular weight excluding hydrogens is 330 g/mol. The van der Waals surface area contributed by atoms with E-state index in [0.29, 0.717) is 25.9 Å². The van der Waals surface area contributed by atoms with Gasteiger partial charge in [-0.2, -0.15) is 0 Å². The van der Waals surface area contributed by atoms with E-state index in [0.717, 1.165) is 6.42 Å². The Morgan fingerprint density at radius 3 is 2.28 bits per heavy atom. The highest BCUT2D eigenvalue weighted by molar-refractivity contribution is 5.90. The smallest absolute Gasteiger partial charge is 0.338 e. The first-order valence-corrected chi connectivity index (χ1v) is 8.23. The lowest BCUT2D eigenvalue weighted by Crippen LogP contribution is -2.78. The number of carboxylic acids is 1. The Balaban J connectivity index is 4.44. The average Bonchev–Trinajstić information content (AvgIpc) is 2.48. The molecule has 2 unspecified atom stereocenters. The molecule has 0 aromatic heterocycles. The summed E-state index contributed by atoms with van der Waals surface area (Å²) in [6.45, 7) is 4.78. The van der Waals surface area contributed by atoms with Crippen molar-refractivity contribution in [1.29, 1.82) is 0 Å². The van der Waals surface area contributed by atoms with E-state index in [1.54, 1.807) is 0 Å². The highest BCUT2D eigenvalue weighted by Crippen LogP contribution is 2.06. The number of aliphatic hydroxyl groups is 1. The van der Waals surface area contributed by atoms with Crippen molar-refractivity contribution in [1.82, 2.24) is 10.6 Å². The number of guanidine groups is 1. The van der Waals surface area contributed by atoms with Crippen LogP contribution in [0.25, 0.3) is 0 Å². The summed E-state index contributed by atoms with van der Waals surface area (Å²) >= 11 is 0. The molecule has 0 aliphatic heterocycles. The van der Waals surface area contributed by atoms with Crippen molar-refractivity contribution in [3.8, 4) is 0 Å². The molecule has 0 radical (unpaired) electrons. The third kappa shape index (κ3) is 11.8. The Morgan fingerprint density at radius 2 is 1.76 bits per heavy atom. The molecule has 0 saturated carbocycles. The second-order valence-corrected chi connectivity index (χ2v) is 6.18. The van der Waals surface area contributed by atoms with Crippen LogP contribution in [0, 0.1) is 5.92 Å². The summed E-state index contributed by atoms with van der Waals surface area (Å²) in [6.07, 6.45) is -0.593. The second kappa shape index (κ2) is 12.1. The third-order valence-electron chi connectivity index (χ3n) is 3.24. The van der Waals surface area contributed by atoms with E-state index < -0.39 is 30.4 Å². The van der Waals surface area contributed by atoms with Gasteiger partial charge in [-0.1, -0.05) is 13.8 Å². The molecule has 25 heavy (non-hydrogen) atoms. The number of hydrogen-bond donors (Lipinski definition) is 7. The van der Waals surface area contributed by atoms with Gasteiger partial charge in [0.25, 0.3) is 0 Å². The van der Waals surface area contributed by atoms with Crippen LogP contribution >= 0.6 is 0 Å². The fraction of sp³-hybridized carbons (Fsp3) is 0.733. The molecule has 2 amide bonds. The summed E-state index contributed by atoms with van der Waals surface area (Å²) in [5, 5.41) is 23.2. The Hall–Kier alpha value is -2.36. The van der Waals surface area contributed by atoms with Crippen molar-refractivity contribution in [3.63, 3.8) is 0 Å². The molecule has 0 fully saturated rings. The summed E-state index contributed by atoms with van der Waals surface area (Å²) in [4.78, 5) is 37.3. The SMILES string of the molecule is CC(C)CC(NC(=O)C(O)CC(=O)O)C(=O)NCCCC[NH+]=C(N)N. The van der Waals surface area contributed by atoms with Gasteiger partial charge in [0.05, 0.1) is 13.0 Å². The summed E-state index contributed by atoms with van der Waals surface area (Å²) in [6, 6.07) is -0.831. The number of nitrogens with two attached hydrogens (primary N) is 2. The molecule has 0 rings (SSSR count). The highest BCUT2D eigenvalue weighted by Gasteiger charge is 2.26. The van der Waals surface area contributed by atoms with Crippen molar-refractivity contribution in [2.24, 2.45) is 17.4 Å². The molecule has 144 valence electrons. The lowest BCUT2D eigenvalue weighted by Gasteiger charge is -2.21. The number of hydrogen-bond acceptors (Lipinski definition) is 4. The first-order chi connectivity index (χ1) is 11.6. The maximum absolute atomic E-state index is 12.2. The fourth-order valence-corrected chi connectivity index (χ4v) is 2.05. The van der Waals surface area contributed by atoms with E-state index >= 15 is 0 Å². The molecule has 0 heterocycles. The van der Waals surface area contributed by atoms with Crippen LogP contribution in [0.3, 0.4) is 0 Å². The standard InChI is InChI=1S/C15H29N5O5/c1-9(2)7-10(20-14(25)11(21)8-12(22)23)13(24)18-5-3-4-6-19-15(16)17/h9-11,21H,3-8H2,1-2H3,(H,18,24)(H,20,25)(H,22,23)(H4,16,17,19)/p+1. The highest BCUT2D eigenvalue weighted by atomic mass is 16.4. The largest absolute Gasteiger partial charge is 0.481 e. The van der Waals surface area contributed by atoms with Gasteiger partial charge in [-0.25, -0.2) is 0 Å². The van der Waals surface area contributed by atoms with Crippen molar-refractivity contribution in [2.45, 2.75) is 51.7 Å². The molecule has 2 atom stereocenters. The quantitative estimate of drug-likeness (QED) is 0.107. The van der Waals surface area contributed by atoms with Gasteiger partial charge in [0.1, 0.15) is 12.1 Å². The molecule has 0 aromatic rings. The molecule has 0 aromatic carbocycles. The van der Waals surface area contributed by atoms with Crippen LogP contribution in [-0.2, 0) is 14.4 Å². The van der Waals surface area contributed by atoms with Gasteiger partial charge in [0.15, 0.2) is 0 Å². The molecule has 0 aliphatic rings. The number of carboxylic acid groups (broad SMARTS) is 1. The van der Waals surface area contributed by atoms with Crippen molar-refractivity contribution < 1.29 is 29.6 Å². The van der Waals surface area contributed by atoms with Gasteiger partial charge in [-0.15, -0.1) is 0 Å². The van der Waals surface area contributed by atoms with Crippen LogP contribution < -0.4 is 27.1 Å². The molecule has 0 bridgehead atoms.